The molecule has 0 saturated carbocycles. The molecule has 0 spiro atoms. The normalized spacial score (nSPS) is 11.6. The van der Waals surface area contributed by atoms with Gasteiger partial charge in [0.05, 0.1) is 0 Å². The number of rotatable bonds is 4. The first kappa shape index (κ1) is 27.5. The van der Waals surface area contributed by atoms with E-state index in [2.05, 4.69) is 135 Å². The molecule has 0 aliphatic heterocycles. The lowest BCUT2D eigenvalue weighted by Crippen LogP contribution is -2.12. The molecule has 0 radical (unpaired) electrons. The van der Waals surface area contributed by atoms with Gasteiger partial charge in [0.1, 0.15) is 0 Å². The third kappa shape index (κ3) is 5.47. The first-order chi connectivity index (χ1) is 18.9. The molecule has 202 valence electrons. The van der Waals surface area contributed by atoms with Crippen LogP contribution in [0.5, 0.6) is 0 Å². The van der Waals surface area contributed by atoms with E-state index in [4.69, 9.17) is 15.0 Å². The summed E-state index contributed by atoms with van der Waals surface area (Å²) in [6.07, 6.45) is 0. The highest BCUT2D eigenvalue weighted by molar-refractivity contribution is 5.75. The molecular formula is C37H39N3. The lowest BCUT2D eigenvalue weighted by molar-refractivity contribution is 0.589. The van der Waals surface area contributed by atoms with Gasteiger partial charge in [0.25, 0.3) is 0 Å². The van der Waals surface area contributed by atoms with Crippen LogP contribution in [-0.2, 0) is 5.41 Å². The van der Waals surface area contributed by atoms with Gasteiger partial charge in [-0.05, 0) is 109 Å². The third-order valence-electron chi connectivity index (χ3n) is 8.00. The zero-order valence-corrected chi connectivity index (χ0v) is 25.3. The summed E-state index contributed by atoms with van der Waals surface area (Å²) in [5.41, 5.74) is 14.5. The van der Waals surface area contributed by atoms with Gasteiger partial charge in [-0.1, -0.05) is 81.4 Å². The summed E-state index contributed by atoms with van der Waals surface area (Å²) in [5.74, 6) is 2.06. The predicted molar refractivity (Wildman–Crippen MR) is 169 cm³/mol. The molecule has 1 aromatic heterocycles. The summed E-state index contributed by atoms with van der Waals surface area (Å²) in [6.45, 7) is 19.7. The summed E-state index contributed by atoms with van der Waals surface area (Å²) in [6, 6.07) is 26.1. The molecule has 0 unspecified atom stereocenters. The first-order valence-electron chi connectivity index (χ1n) is 14.0. The Morgan fingerprint density at radius 2 is 0.775 bits per heavy atom. The molecule has 0 N–H and O–H groups in total. The van der Waals surface area contributed by atoms with Gasteiger partial charge >= 0.3 is 0 Å². The third-order valence-corrected chi connectivity index (χ3v) is 8.00. The molecule has 4 aromatic carbocycles. The van der Waals surface area contributed by atoms with E-state index in [0.29, 0.717) is 17.5 Å². The van der Waals surface area contributed by atoms with Gasteiger partial charge in [-0.2, -0.15) is 0 Å². The van der Waals surface area contributed by atoms with Gasteiger partial charge in [0.2, 0.25) is 0 Å². The van der Waals surface area contributed by atoms with Crippen molar-refractivity contribution in [3.8, 4) is 45.3 Å². The van der Waals surface area contributed by atoms with Gasteiger partial charge in [0, 0.05) is 16.7 Å². The SMILES string of the molecule is Cc1ccc(-c2nc(-c3ccc(-c4c(C)cc(C(C)(C)C)cc4C)cc3)nc(-c3ccc(C)c(C)c3)n2)cc1C. The van der Waals surface area contributed by atoms with Crippen molar-refractivity contribution in [3.05, 3.63) is 112 Å². The van der Waals surface area contributed by atoms with Crippen LogP contribution in [-0.4, -0.2) is 15.0 Å². The van der Waals surface area contributed by atoms with E-state index in [1.807, 2.05) is 0 Å². The maximum Gasteiger partial charge on any atom is 0.164 e. The summed E-state index contributed by atoms with van der Waals surface area (Å²) >= 11 is 0. The fraction of sp³-hybridized carbons (Fsp3) is 0.270. The van der Waals surface area contributed by atoms with Crippen molar-refractivity contribution < 1.29 is 0 Å². The zero-order chi connectivity index (χ0) is 28.8. The van der Waals surface area contributed by atoms with Gasteiger partial charge < -0.3 is 0 Å². The minimum absolute atomic E-state index is 0.123. The number of hydrogen-bond donors (Lipinski definition) is 0. The van der Waals surface area contributed by atoms with E-state index in [-0.39, 0.29) is 5.41 Å². The Kier molecular flexibility index (Phi) is 7.18. The number of hydrogen-bond acceptors (Lipinski definition) is 3. The largest absolute Gasteiger partial charge is 0.208 e. The molecule has 0 amide bonds. The molecule has 3 heteroatoms. The van der Waals surface area contributed by atoms with Crippen LogP contribution in [0.2, 0.25) is 0 Å². The standard InChI is InChI=1S/C37H39N3/c1-22-10-12-30(18-24(22)3)35-38-34(39-36(40-35)31-13-11-23(2)25(4)19-31)29-16-14-28(15-17-29)33-26(5)20-32(21-27(33)6)37(7,8)9/h10-21H,1-9H3. The van der Waals surface area contributed by atoms with Crippen LogP contribution in [0.1, 0.15) is 59.7 Å². The highest BCUT2D eigenvalue weighted by atomic mass is 15.0. The molecule has 5 rings (SSSR count). The molecule has 0 atom stereocenters. The molecule has 1 heterocycles. The van der Waals surface area contributed by atoms with Crippen molar-refractivity contribution in [1.82, 2.24) is 15.0 Å². The van der Waals surface area contributed by atoms with Gasteiger partial charge in [-0.15, -0.1) is 0 Å². The quantitative estimate of drug-likeness (QED) is 0.234. The van der Waals surface area contributed by atoms with Crippen molar-refractivity contribution in [3.63, 3.8) is 0 Å². The average molecular weight is 526 g/mol. The fourth-order valence-corrected chi connectivity index (χ4v) is 5.16. The number of benzene rings is 4. The van der Waals surface area contributed by atoms with Crippen LogP contribution in [0.25, 0.3) is 45.3 Å². The monoisotopic (exact) mass is 525 g/mol. The second-order valence-corrected chi connectivity index (χ2v) is 12.2. The van der Waals surface area contributed by atoms with Crippen LogP contribution in [0, 0.1) is 41.5 Å². The average Bonchev–Trinajstić information content (AvgIpc) is 2.91. The molecule has 3 nitrogen and oxygen atoms in total. The number of aryl methyl sites for hydroxylation is 6. The van der Waals surface area contributed by atoms with Crippen molar-refractivity contribution in [1.29, 1.82) is 0 Å². The Morgan fingerprint density at radius 1 is 0.400 bits per heavy atom. The minimum atomic E-state index is 0.123. The molecule has 0 bridgehead atoms. The van der Waals surface area contributed by atoms with Crippen LogP contribution in [0.3, 0.4) is 0 Å². The minimum Gasteiger partial charge on any atom is -0.208 e. The maximum absolute atomic E-state index is 4.96. The zero-order valence-electron chi connectivity index (χ0n) is 25.3. The van der Waals surface area contributed by atoms with Crippen LogP contribution >= 0.6 is 0 Å². The van der Waals surface area contributed by atoms with E-state index < -0.39 is 0 Å². The van der Waals surface area contributed by atoms with E-state index in [1.54, 1.807) is 0 Å². The van der Waals surface area contributed by atoms with E-state index >= 15 is 0 Å². The lowest BCUT2D eigenvalue weighted by atomic mass is 9.82. The Labute approximate surface area is 239 Å². The molecule has 0 fully saturated rings. The Hall–Kier alpha value is -4.11. The predicted octanol–water partition coefficient (Wildman–Crippen LogP) is 9.69. The van der Waals surface area contributed by atoms with E-state index in [1.165, 1.54) is 50.1 Å². The van der Waals surface area contributed by atoms with E-state index in [9.17, 15) is 0 Å². The molecule has 0 saturated heterocycles. The lowest BCUT2D eigenvalue weighted by Gasteiger charge is -2.22. The molecule has 0 aliphatic rings. The Morgan fingerprint density at radius 3 is 1.18 bits per heavy atom. The second kappa shape index (κ2) is 10.5. The fourth-order valence-electron chi connectivity index (χ4n) is 5.16. The highest BCUT2D eigenvalue weighted by Crippen LogP contribution is 2.34. The van der Waals surface area contributed by atoms with Crippen molar-refractivity contribution >= 4 is 0 Å². The van der Waals surface area contributed by atoms with Gasteiger partial charge in [0.15, 0.2) is 17.5 Å². The van der Waals surface area contributed by atoms with Crippen LogP contribution in [0.15, 0.2) is 72.8 Å². The number of nitrogens with zero attached hydrogens (tertiary/aromatic N) is 3. The van der Waals surface area contributed by atoms with Crippen molar-refractivity contribution in [2.24, 2.45) is 0 Å². The van der Waals surface area contributed by atoms with Crippen LogP contribution < -0.4 is 0 Å². The van der Waals surface area contributed by atoms with Crippen LogP contribution in [0.4, 0.5) is 0 Å². The van der Waals surface area contributed by atoms with E-state index in [0.717, 1.165) is 16.7 Å². The Bertz CT molecular complexity index is 1630. The second-order valence-electron chi connectivity index (χ2n) is 12.2. The summed E-state index contributed by atoms with van der Waals surface area (Å²) < 4.78 is 0. The summed E-state index contributed by atoms with van der Waals surface area (Å²) in [5, 5.41) is 0. The summed E-state index contributed by atoms with van der Waals surface area (Å²) in [7, 11) is 0. The molecule has 5 aromatic rings. The smallest absolute Gasteiger partial charge is 0.164 e. The Balaban J connectivity index is 1.61. The molecular weight excluding hydrogens is 486 g/mol. The molecule has 0 aliphatic carbocycles. The van der Waals surface area contributed by atoms with Gasteiger partial charge in [-0.25, -0.2) is 15.0 Å². The summed E-state index contributed by atoms with van der Waals surface area (Å²) in [4.78, 5) is 14.9. The topological polar surface area (TPSA) is 38.7 Å². The van der Waals surface area contributed by atoms with Gasteiger partial charge in [-0.3, -0.25) is 0 Å². The van der Waals surface area contributed by atoms with Crippen molar-refractivity contribution in [2.75, 3.05) is 0 Å². The molecule has 40 heavy (non-hydrogen) atoms. The maximum atomic E-state index is 4.96. The van der Waals surface area contributed by atoms with Crippen molar-refractivity contribution in [2.45, 2.75) is 67.7 Å². The highest BCUT2D eigenvalue weighted by Gasteiger charge is 2.18. The number of aromatic nitrogens is 3. The first-order valence-corrected chi connectivity index (χ1v) is 14.0.